The van der Waals surface area contributed by atoms with Gasteiger partial charge in [0.1, 0.15) is 5.82 Å². The normalized spacial score (nSPS) is 24.0. The number of hydrogen-bond acceptors (Lipinski definition) is 2. The van der Waals surface area contributed by atoms with Crippen molar-refractivity contribution < 1.29 is 4.39 Å². The number of hydrogen-bond donors (Lipinski definition) is 1. The van der Waals surface area contributed by atoms with Gasteiger partial charge in [-0.2, -0.15) is 0 Å². The topological polar surface area (TPSA) is 29.3 Å². The minimum atomic E-state index is -0.221. The van der Waals surface area contributed by atoms with Crippen LogP contribution in [0.2, 0.25) is 0 Å². The summed E-state index contributed by atoms with van der Waals surface area (Å²) in [5.41, 5.74) is 8.12. The summed E-state index contributed by atoms with van der Waals surface area (Å²) in [5.74, 6) is 0.552. The Hall–Kier alpha value is -1.25. The van der Waals surface area contributed by atoms with Crippen molar-refractivity contribution in [1.82, 2.24) is 0 Å². The zero-order valence-corrected chi connectivity index (χ0v) is 11.5. The Labute approximate surface area is 109 Å². The summed E-state index contributed by atoms with van der Waals surface area (Å²) in [6, 6.07) is 3.83. The van der Waals surface area contributed by atoms with Crippen molar-refractivity contribution in [3.63, 3.8) is 0 Å². The number of benzene rings is 1. The molecule has 18 heavy (non-hydrogen) atoms. The lowest BCUT2D eigenvalue weighted by Gasteiger charge is -2.36. The van der Waals surface area contributed by atoms with Gasteiger partial charge in [0.05, 0.1) is 11.4 Å². The van der Waals surface area contributed by atoms with Gasteiger partial charge in [0.2, 0.25) is 0 Å². The Morgan fingerprint density at radius 1 is 1.33 bits per heavy atom. The first-order valence-electron chi connectivity index (χ1n) is 6.77. The minimum absolute atomic E-state index is 0.221. The molecule has 2 unspecified atom stereocenters. The molecule has 2 atom stereocenters. The molecule has 0 spiro atoms. The van der Waals surface area contributed by atoms with Crippen molar-refractivity contribution in [1.29, 1.82) is 0 Å². The average Bonchev–Trinajstić information content (AvgIpc) is 2.33. The summed E-state index contributed by atoms with van der Waals surface area (Å²) < 4.78 is 13.4. The monoisotopic (exact) mass is 250 g/mol. The second-order valence-corrected chi connectivity index (χ2v) is 5.70. The zero-order chi connectivity index (χ0) is 13.3. The van der Waals surface area contributed by atoms with Gasteiger partial charge in [-0.25, -0.2) is 4.39 Å². The van der Waals surface area contributed by atoms with E-state index in [0.29, 0.717) is 17.3 Å². The molecule has 3 heteroatoms. The largest absolute Gasteiger partial charge is 0.397 e. The van der Waals surface area contributed by atoms with E-state index in [1.807, 2.05) is 6.07 Å². The summed E-state index contributed by atoms with van der Waals surface area (Å²) >= 11 is 0. The second kappa shape index (κ2) is 5.17. The molecule has 0 bridgehead atoms. The van der Waals surface area contributed by atoms with Crippen LogP contribution in [0.5, 0.6) is 0 Å². The Kier molecular flexibility index (Phi) is 3.79. The van der Waals surface area contributed by atoms with Crippen LogP contribution in [0, 0.1) is 18.7 Å². The molecular formula is C15H23FN2. The molecule has 0 heterocycles. The standard InChI is InChI=1S/C15H23FN2/c1-10-5-4-6-12(7-10)18(3)15-8-11(2)13(16)9-14(15)17/h8-10,12H,4-7,17H2,1-3H3. The van der Waals surface area contributed by atoms with Gasteiger partial charge >= 0.3 is 0 Å². The fourth-order valence-electron chi connectivity index (χ4n) is 2.94. The van der Waals surface area contributed by atoms with Gasteiger partial charge in [0, 0.05) is 13.1 Å². The van der Waals surface area contributed by atoms with E-state index < -0.39 is 0 Å². The van der Waals surface area contributed by atoms with Crippen LogP contribution in [-0.2, 0) is 0 Å². The molecule has 1 aliphatic carbocycles. The van der Waals surface area contributed by atoms with Gasteiger partial charge in [-0.05, 0) is 43.4 Å². The Bertz CT molecular complexity index is 431. The van der Waals surface area contributed by atoms with Crippen molar-refractivity contribution in [3.8, 4) is 0 Å². The maximum atomic E-state index is 13.4. The molecule has 0 radical (unpaired) electrons. The van der Waals surface area contributed by atoms with Crippen molar-refractivity contribution in [2.45, 2.75) is 45.6 Å². The van der Waals surface area contributed by atoms with E-state index in [9.17, 15) is 4.39 Å². The van der Waals surface area contributed by atoms with E-state index in [-0.39, 0.29) is 5.82 Å². The fraction of sp³-hybridized carbons (Fsp3) is 0.600. The first kappa shape index (κ1) is 13.2. The summed E-state index contributed by atoms with van der Waals surface area (Å²) in [6.45, 7) is 4.09. The van der Waals surface area contributed by atoms with Gasteiger partial charge in [0.15, 0.2) is 0 Å². The summed E-state index contributed by atoms with van der Waals surface area (Å²) in [7, 11) is 2.08. The first-order chi connectivity index (χ1) is 8.49. The van der Waals surface area contributed by atoms with Crippen LogP contribution in [0.15, 0.2) is 12.1 Å². The molecular weight excluding hydrogens is 227 g/mol. The lowest BCUT2D eigenvalue weighted by Crippen LogP contribution is -2.36. The van der Waals surface area contributed by atoms with Gasteiger partial charge in [-0.3, -0.25) is 0 Å². The Morgan fingerprint density at radius 3 is 2.72 bits per heavy atom. The molecule has 0 amide bonds. The number of halogens is 1. The lowest BCUT2D eigenvalue weighted by molar-refractivity contribution is 0.336. The number of anilines is 2. The van der Waals surface area contributed by atoms with E-state index in [4.69, 9.17) is 5.73 Å². The predicted molar refractivity (Wildman–Crippen MR) is 75.4 cm³/mol. The molecule has 2 nitrogen and oxygen atoms in total. The van der Waals surface area contributed by atoms with Crippen LogP contribution in [-0.4, -0.2) is 13.1 Å². The predicted octanol–water partition coefficient (Wildman–Crippen LogP) is 3.73. The quantitative estimate of drug-likeness (QED) is 0.810. The summed E-state index contributed by atoms with van der Waals surface area (Å²) in [4.78, 5) is 2.23. The van der Waals surface area contributed by atoms with Crippen LogP contribution >= 0.6 is 0 Å². The number of aryl methyl sites for hydroxylation is 1. The van der Waals surface area contributed by atoms with Crippen LogP contribution in [0.3, 0.4) is 0 Å². The highest BCUT2D eigenvalue weighted by molar-refractivity contribution is 5.68. The average molecular weight is 250 g/mol. The first-order valence-corrected chi connectivity index (χ1v) is 6.77. The summed E-state index contributed by atoms with van der Waals surface area (Å²) in [6.07, 6.45) is 5.00. The molecule has 1 aliphatic rings. The van der Waals surface area contributed by atoms with Crippen LogP contribution in [0.4, 0.5) is 15.8 Å². The molecule has 1 aromatic carbocycles. The highest BCUT2D eigenvalue weighted by Gasteiger charge is 2.23. The molecule has 2 N–H and O–H groups in total. The molecule has 1 fully saturated rings. The minimum Gasteiger partial charge on any atom is -0.397 e. The van der Waals surface area contributed by atoms with Gasteiger partial charge in [0.25, 0.3) is 0 Å². The van der Waals surface area contributed by atoms with Crippen LogP contribution in [0.25, 0.3) is 0 Å². The highest BCUT2D eigenvalue weighted by Crippen LogP contribution is 2.33. The van der Waals surface area contributed by atoms with E-state index >= 15 is 0 Å². The summed E-state index contributed by atoms with van der Waals surface area (Å²) in [5, 5.41) is 0. The molecule has 0 saturated heterocycles. The third-order valence-corrected chi connectivity index (χ3v) is 4.14. The third-order valence-electron chi connectivity index (χ3n) is 4.14. The molecule has 1 saturated carbocycles. The molecule has 100 valence electrons. The van der Waals surface area contributed by atoms with Gasteiger partial charge < -0.3 is 10.6 Å². The maximum Gasteiger partial charge on any atom is 0.128 e. The van der Waals surface area contributed by atoms with Gasteiger partial charge in [-0.1, -0.05) is 19.8 Å². The Balaban J connectivity index is 2.22. The molecule has 0 aromatic heterocycles. The number of nitrogens with zero attached hydrogens (tertiary/aromatic N) is 1. The SMILES string of the molecule is Cc1cc(N(C)C2CCCC(C)C2)c(N)cc1F. The number of nitrogen functional groups attached to an aromatic ring is 1. The molecule has 0 aliphatic heterocycles. The van der Waals surface area contributed by atoms with Crippen molar-refractivity contribution in [2.75, 3.05) is 17.7 Å². The van der Waals surface area contributed by atoms with Crippen molar-refractivity contribution in [3.05, 3.63) is 23.5 Å². The Morgan fingerprint density at radius 2 is 2.06 bits per heavy atom. The smallest absolute Gasteiger partial charge is 0.128 e. The van der Waals surface area contributed by atoms with Gasteiger partial charge in [-0.15, -0.1) is 0 Å². The van der Waals surface area contributed by atoms with Crippen molar-refractivity contribution in [2.24, 2.45) is 5.92 Å². The maximum absolute atomic E-state index is 13.4. The van der Waals surface area contributed by atoms with Crippen molar-refractivity contribution >= 4 is 11.4 Å². The second-order valence-electron chi connectivity index (χ2n) is 5.70. The van der Waals surface area contributed by atoms with E-state index in [0.717, 1.165) is 11.6 Å². The molecule has 1 aromatic rings. The highest BCUT2D eigenvalue weighted by atomic mass is 19.1. The lowest BCUT2D eigenvalue weighted by atomic mass is 9.86. The third kappa shape index (κ3) is 2.60. The van der Waals surface area contributed by atoms with Crippen LogP contribution in [0.1, 0.15) is 38.2 Å². The van der Waals surface area contributed by atoms with E-state index in [1.165, 1.54) is 31.7 Å². The van der Waals surface area contributed by atoms with E-state index in [1.54, 1.807) is 6.92 Å². The van der Waals surface area contributed by atoms with E-state index in [2.05, 4.69) is 18.9 Å². The number of nitrogens with two attached hydrogens (primary N) is 1. The van der Waals surface area contributed by atoms with Crippen LogP contribution < -0.4 is 10.6 Å². The molecule has 2 rings (SSSR count). The number of rotatable bonds is 2. The zero-order valence-electron chi connectivity index (χ0n) is 11.5. The fourth-order valence-corrected chi connectivity index (χ4v) is 2.94.